The topological polar surface area (TPSA) is 0 Å². The molecule has 5 aromatic carbocycles. The largest absolute Gasteiger partial charge is 0.0616 e. The summed E-state index contributed by atoms with van der Waals surface area (Å²) in [5.41, 5.74) is 2.49. The van der Waals surface area contributed by atoms with Crippen molar-refractivity contribution in [2.75, 3.05) is 0 Å². The van der Waals surface area contributed by atoms with E-state index in [-0.39, 0.29) is 0 Å². The summed E-state index contributed by atoms with van der Waals surface area (Å²) in [6, 6.07) is 35.8. The molecular weight excluding hydrogens is 288 g/mol. The van der Waals surface area contributed by atoms with Crippen LogP contribution in [-0.2, 0) is 0 Å². The molecule has 0 saturated carbocycles. The van der Waals surface area contributed by atoms with Gasteiger partial charge in [-0.3, -0.25) is 0 Å². The molecule has 0 N–H and O–H groups in total. The molecule has 1 radical (unpaired) electrons. The Morgan fingerprint density at radius 3 is 2.08 bits per heavy atom. The predicted octanol–water partition coefficient (Wildman–Crippen LogP) is 6.61. The normalized spacial score (nSPS) is 11.3. The van der Waals surface area contributed by atoms with Gasteiger partial charge < -0.3 is 0 Å². The van der Waals surface area contributed by atoms with Gasteiger partial charge in [0.25, 0.3) is 0 Å². The molecule has 0 aliphatic rings. The van der Waals surface area contributed by atoms with Crippen LogP contribution in [0.3, 0.4) is 0 Å². The van der Waals surface area contributed by atoms with Crippen molar-refractivity contribution in [1.29, 1.82) is 0 Å². The highest BCUT2D eigenvalue weighted by Gasteiger charge is 2.08. The first-order chi connectivity index (χ1) is 11.9. The van der Waals surface area contributed by atoms with Crippen molar-refractivity contribution in [3.8, 4) is 11.1 Å². The van der Waals surface area contributed by atoms with Gasteiger partial charge in [0.15, 0.2) is 0 Å². The highest BCUT2D eigenvalue weighted by molar-refractivity contribution is 6.14. The van der Waals surface area contributed by atoms with Crippen LogP contribution in [0.25, 0.3) is 43.4 Å². The molecule has 111 valence electrons. The lowest BCUT2D eigenvalue weighted by Crippen LogP contribution is -1.85. The van der Waals surface area contributed by atoms with E-state index in [2.05, 4.69) is 97.1 Å². The molecule has 0 spiro atoms. The third-order valence-electron chi connectivity index (χ3n) is 4.73. The van der Waals surface area contributed by atoms with Crippen LogP contribution >= 0.6 is 0 Å². The van der Waals surface area contributed by atoms with Gasteiger partial charge in [0.2, 0.25) is 0 Å². The van der Waals surface area contributed by atoms with Gasteiger partial charge in [0.1, 0.15) is 0 Å². The fourth-order valence-corrected chi connectivity index (χ4v) is 3.57. The predicted molar refractivity (Wildman–Crippen MR) is 103 cm³/mol. The fourth-order valence-electron chi connectivity index (χ4n) is 3.57. The first-order valence-corrected chi connectivity index (χ1v) is 8.21. The van der Waals surface area contributed by atoms with Gasteiger partial charge in [-0.05, 0) is 67.7 Å². The van der Waals surface area contributed by atoms with Crippen LogP contribution in [0.1, 0.15) is 0 Å². The van der Waals surface area contributed by atoms with Crippen LogP contribution in [0.5, 0.6) is 0 Å². The minimum atomic E-state index is 1.16. The summed E-state index contributed by atoms with van der Waals surface area (Å²) < 4.78 is 0. The molecule has 0 aliphatic heterocycles. The van der Waals surface area contributed by atoms with E-state index in [4.69, 9.17) is 0 Å². The highest BCUT2D eigenvalue weighted by atomic mass is 14.1. The summed E-state index contributed by atoms with van der Waals surface area (Å²) in [6.45, 7) is 0. The molecule has 0 heteroatoms. The van der Waals surface area contributed by atoms with E-state index < -0.39 is 0 Å². The number of benzene rings is 5. The van der Waals surface area contributed by atoms with Gasteiger partial charge in [0, 0.05) is 0 Å². The van der Waals surface area contributed by atoms with Crippen LogP contribution in [-0.4, -0.2) is 0 Å². The Kier molecular flexibility index (Phi) is 2.89. The molecule has 24 heavy (non-hydrogen) atoms. The van der Waals surface area contributed by atoms with Crippen molar-refractivity contribution >= 4 is 32.3 Å². The summed E-state index contributed by atoms with van der Waals surface area (Å²) in [5, 5.41) is 7.57. The van der Waals surface area contributed by atoms with E-state index in [1.165, 1.54) is 38.1 Å². The van der Waals surface area contributed by atoms with Gasteiger partial charge in [-0.25, -0.2) is 0 Å². The minimum absolute atomic E-state index is 1.16. The second kappa shape index (κ2) is 5.21. The zero-order valence-corrected chi connectivity index (χ0v) is 13.2. The zero-order chi connectivity index (χ0) is 15.9. The number of fused-ring (bicyclic) bond motifs is 4. The average Bonchev–Trinajstić information content (AvgIpc) is 2.67. The van der Waals surface area contributed by atoms with E-state index in [1.54, 1.807) is 0 Å². The SMILES string of the molecule is [c]1cc(-c2cc3ccccc3c3ccccc23)cc2ccccc12. The Hall–Kier alpha value is -3.12. The molecule has 5 rings (SSSR count). The van der Waals surface area contributed by atoms with E-state index in [0.29, 0.717) is 0 Å². The van der Waals surface area contributed by atoms with Crippen molar-refractivity contribution in [3.63, 3.8) is 0 Å². The maximum absolute atomic E-state index is 3.43. The summed E-state index contributed by atoms with van der Waals surface area (Å²) in [7, 11) is 0. The summed E-state index contributed by atoms with van der Waals surface area (Å²) in [5.74, 6) is 0. The fraction of sp³-hybridized carbons (Fsp3) is 0. The first-order valence-electron chi connectivity index (χ1n) is 8.21. The maximum Gasteiger partial charge on any atom is -0.00928 e. The highest BCUT2D eigenvalue weighted by Crippen LogP contribution is 2.35. The van der Waals surface area contributed by atoms with Crippen molar-refractivity contribution in [1.82, 2.24) is 0 Å². The average molecular weight is 303 g/mol. The Morgan fingerprint density at radius 2 is 1.21 bits per heavy atom. The molecular formula is C24H15. The van der Waals surface area contributed by atoms with Crippen molar-refractivity contribution in [2.45, 2.75) is 0 Å². The van der Waals surface area contributed by atoms with Gasteiger partial charge in [-0.15, -0.1) is 0 Å². The summed E-state index contributed by atoms with van der Waals surface area (Å²) in [6.07, 6.45) is 0. The van der Waals surface area contributed by atoms with Gasteiger partial charge in [0.05, 0.1) is 0 Å². The molecule has 5 aromatic rings. The third kappa shape index (κ3) is 2.00. The monoisotopic (exact) mass is 303 g/mol. The molecule has 0 fully saturated rings. The molecule has 0 amide bonds. The summed E-state index contributed by atoms with van der Waals surface area (Å²) >= 11 is 0. The molecule has 0 heterocycles. The van der Waals surface area contributed by atoms with Crippen molar-refractivity contribution in [3.05, 3.63) is 97.1 Å². The Morgan fingerprint density at radius 1 is 0.542 bits per heavy atom. The molecule has 0 nitrogen and oxygen atoms in total. The van der Waals surface area contributed by atoms with Crippen molar-refractivity contribution in [2.24, 2.45) is 0 Å². The number of hydrogen-bond acceptors (Lipinski definition) is 0. The second-order valence-electron chi connectivity index (χ2n) is 6.17. The lowest BCUT2D eigenvalue weighted by molar-refractivity contribution is 1.69. The van der Waals surface area contributed by atoms with Gasteiger partial charge in [-0.1, -0.05) is 72.8 Å². The number of hydrogen-bond donors (Lipinski definition) is 0. The van der Waals surface area contributed by atoms with E-state index in [1.807, 2.05) is 0 Å². The van der Waals surface area contributed by atoms with Crippen LogP contribution in [0.4, 0.5) is 0 Å². The molecule has 0 unspecified atom stereocenters. The van der Waals surface area contributed by atoms with Crippen LogP contribution in [0.2, 0.25) is 0 Å². The van der Waals surface area contributed by atoms with Gasteiger partial charge in [-0.2, -0.15) is 0 Å². The number of rotatable bonds is 1. The van der Waals surface area contributed by atoms with Gasteiger partial charge >= 0.3 is 0 Å². The lowest BCUT2D eigenvalue weighted by atomic mass is 9.92. The van der Waals surface area contributed by atoms with Crippen LogP contribution < -0.4 is 0 Å². The van der Waals surface area contributed by atoms with Crippen molar-refractivity contribution < 1.29 is 0 Å². The lowest BCUT2D eigenvalue weighted by Gasteiger charge is -2.11. The van der Waals surface area contributed by atoms with E-state index in [0.717, 1.165) is 5.39 Å². The smallest absolute Gasteiger partial charge is 0.00928 e. The summed E-state index contributed by atoms with van der Waals surface area (Å²) in [4.78, 5) is 0. The standard InChI is InChI=1S/C24H15/c1-2-8-18-15-20(14-13-17(18)7-1)24-16-19-9-3-4-10-21(19)22-11-5-6-12-23(22)24/h1-12,14-16H. The zero-order valence-electron chi connectivity index (χ0n) is 13.2. The molecule has 0 saturated heterocycles. The van der Waals surface area contributed by atoms with Crippen LogP contribution in [0, 0.1) is 6.07 Å². The van der Waals surface area contributed by atoms with E-state index in [9.17, 15) is 0 Å². The molecule has 0 aliphatic carbocycles. The third-order valence-corrected chi connectivity index (χ3v) is 4.73. The minimum Gasteiger partial charge on any atom is -0.0616 e. The Balaban J connectivity index is 1.89. The Bertz CT molecular complexity index is 1200. The molecule has 0 bridgehead atoms. The molecule has 0 aromatic heterocycles. The quantitative estimate of drug-likeness (QED) is 0.305. The Labute approximate surface area is 141 Å². The maximum atomic E-state index is 3.43. The molecule has 0 atom stereocenters. The second-order valence-corrected chi connectivity index (χ2v) is 6.17. The van der Waals surface area contributed by atoms with Crippen LogP contribution in [0.15, 0.2) is 91.0 Å². The van der Waals surface area contributed by atoms with E-state index >= 15 is 0 Å². The first kappa shape index (κ1) is 13.3.